The maximum Gasteiger partial charge on any atom is 0.416 e. The van der Waals surface area contributed by atoms with E-state index in [-0.39, 0.29) is 11.0 Å². The lowest BCUT2D eigenvalue weighted by molar-refractivity contribution is 0.0270. The zero-order chi connectivity index (χ0) is 20.4. The quantitative estimate of drug-likeness (QED) is 0.697. The molecule has 1 amide bonds. The van der Waals surface area contributed by atoms with Gasteiger partial charge in [-0.25, -0.2) is 4.79 Å². The van der Waals surface area contributed by atoms with Crippen molar-refractivity contribution in [3.8, 4) is 0 Å². The van der Waals surface area contributed by atoms with E-state index in [2.05, 4.69) is 0 Å². The lowest BCUT2D eigenvalue weighted by atomic mass is 10.1. The maximum atomic E-state index is 12.5. The lowest BCUT2D eigenvalue weighted by Gasteiger charge is -2.38. The number of rotatable bonds is 3. The summed E-state index contributed by atoms with van der Waals surface area (Å²) in [5, 5.41) is 1.20. The van der Waals surface area contributed by atoms with Crippen LogP contribution in [0.3, 0.4) is 0 Å². The maximum absolute atomic E-state index is 12.5. The number of allylic oxidation sites excluding steroid dienone is 1. The number of hydrogen-bond acceptors (Lipinski definition) is 5. The first kappa shape index (κ1) is 21.5. The fraction of sp³-hybridized carbons (Fsp3) is 0.389. The summed E-state index contributed by atoms with van der Waals surface area (Å²) < 4.78 is 5.42. The fourth-order valence-electron chi connectivity index (χ4n) is 2.60. The highest BCUT2D eigenvalue weighted by Gasteiger charge is 2.30. The van der Waals surface area contributed by atoms with Crippen molar-refractivity contribution in [2.24, 2.45) is 11.5 Å². The molecule has 2 rings (SSSR count). The number of ether oxygens (including phenoxy) is 1. The van der Waals surface area contributed by atoms with Crippen molar-refractivity contribution in [2.45, 2.75) is 32.9 Å². The van der Waals surface area contributed by atoms with Crippen LogP contribution in [0.15, 0.2) is 40.9 Å². The molecule has 0 aromatic heterocycles. The number of benzene rings is 1. The number of nitrogens with two attached hydrogens (primary N) is 2. The number of amides is 1. The summed E-state index contributed by atoms with van der Waals surface area (Å²) in [5.41, 5.74) is 12.6. The lowest BCUT2D eigenvalue weighted by Crippen LogP contribution is -2.48. The van der Waals surface area contributed by atoms with Gasteiger partial charge < -0.3 is 21.1 Å². The van der Waals surface area contributed by atoms with Gasteiger partial charge in [0.2, 0.25) is 0 Å². The summed E-state index contributed by atoms with van der Waals surface area (Å²) >= 11 is 18.2. The molecule has 0 radical (unpaired) electrons. The van der Waals surface area contributed by atoms with Crippen LogP contribution in [0, 0.1) is 0 Å². The molecule has 1 aliphatic rings. The summed E-state index contributed by atoms with van der Waals surface area (Å²) in [6.45, 7) is 6.63. The van der Waals surface area contributed by atoms with E-state index in [1.54, 1.807) is 39.0 Å². The number of halogens is 3. The van der Waals surface area contributed by atoms with E-state index in [0.29, 0.717) is 35.4 Å². The molecule has 4 N–H and O–H groups in total. The van der Waals surface area contributed by atoms with Crippen molar-refractivity contribution < 1.29 is 9.53 Å². The Labute approximate surface area is 174 Å². The van der Waals surface area contributed by atoms with Gasteiger partial charge in [0.05, 0.1) is 5.70 Å². The van der Waals surface area contributed by atoms with Gasteiger partial charge in [0.25, 0.3) is 0 Å². The SMILES string of the molecule is CC(C)(C)OC(=O)N1CCN(Cc2cc(Cl)ccc2Cl)C(/C=C(\N)Cl)=C1N. The van der Waals surface area contributed by atoms with Crippen LogP contribution >= 0.6 is 34.8 Å². The van der Waals surface area contributed by atoms with Crippen molar-refractivity contribution in [3.05, 3.63) is 56.6 Å². The Kier molecular flexibility index (Phi) is 6.78. The van der Waals surface area contributed by atoms with Crippen molar-refractivity contribution in [2.75, 3.05) is 13.1 Å². The largest absolute Gasteiger partial charge is 0.443 e. The van der Waals surface area contributed by atoms with Crippen molar-refractivity contribution >= 4 is 40.9 Å². The van der Waals surface area contributed by atoms with Gasteiger partial charge in [0, 0.05) is 29.7 Å². The third kappa shape index (κ3) is 5.86. The normalized spacial score (nSPS) is 16.0. The van der Waals surface area contributed by atoms with Crippen LogP contribution in [-0.4, -0.2) is 34.6 Å². The monoisotopic (exact) mass is 432 g/mol. The highest BCUT2D eigenvalue weighted by molar-refractivity contribution is 6.33. The minimum Gasteiger partial charge on any atom is -0.443 e. The summed E-state index contributed by atoms with van der Waals surface area (Å²) in [6.07, 6.45) is 0.978. The molecular formula is C18H23Cl3N4O2. The third-order valence-corrected chi connectivity index (χ3v) is 4.46. The first-order valence-corrected chi connectivity index (χ1v) is 9.43. The molecule has 9 heteroatoms. The molecular weight excluding hydrogens is 411 g/mol. The van der Waals surface area contributed by atoms with E-state index in [1.807, 2.05) is 4.90 Å². The van der Waals surface area contributed by atoms with Gasteiger partial charge >= 0.3 is 6.09 Å². The predicted molar refractivity (Wildman–Crippen MR) is 109 cm³/mol. The molecule has 1 aromatic carbocycles. The summed E-state index contributed by atoms with van der Waals surface area (Å²) in [6, 6.07) is 5.23. The smallest absolute Gasteiger partial charge is 0.416 e. The van der Waals surface area contributed by atoms with Crippen LogP contribution in [0.1, 0.15) is 26.3 Å². The fourth-order valence-corrected chi connectivity index (χ4v) is 3.07. The topological polar surface area (TPSA) is 84.8 Å². The number of carbonyl (C=O) groups excluding carboxylic acids is 1. The van der Waals surface area contributed by atoms with E-state index >= 15 is 0 Å². The molecule has 0 atom stereocenters. The second-order valence-electron chi connectivity index (χ2n) is 7.09. The molecule has 0 unspecified atom stereocenters. The Hall–Kier alpha value is -1.76. The highest BCUT2D eigenvalue weighted by Crippen LogP contribution is 2.27. The van der Waals surface area contributed by atoms with E-state index in [1.165, 1.54) is 11.0 Å². The van der Waals surface area contributed by atoms with Crippen LogP contribution in [0.4, 0.5) is 4.79 Å². The van der Waals surface area contributed by atoms with E-state index in [4.69, 9.17) is 51.0 Å². The van der Waals surface area contributed by atoms with Crippen molar-refractivity contribution in [3.63, 3.8) is 0 Å². The van der Waals surface area contributed by atoms with Gasteiger partial charge in [-0.1, -0.05) is 34.8 Å². The molecule has 27 heavy (non-hydrogen) atoms. The third-order valence-electron chi connectivity index (χ3n) is 3.74. The van der Waals surface area contributed by atoms with Crippen LogP contribution in [0.25, 0.3) is 0 Å². The Morgan fingerprint density at radius 2 is 1.96 bits per heavy atom. The molecule has 0 saturated heterocycles. The zero-order valence-electron chi connectivity index (χ0n) is 15.4. The molecule has 0 aliphatic carbocycles. The zero-order valence-corrected chi connectivity index (χ0v) is 17.7. The molecule has 1 aromatic rings. The second kappa shape index (κ2) is 8.50. The Morgan fingerprint density at radius 1 is 1.30 bits per heavy atom. The molecule has 0 bridgehead atoms. The first-order chi connectivity index (χ1) is 12.5. The minimum atomic E-state index is -0.635. The molecule has 1 heterocycles. The van der Waals surface area contributed by atoms with Gasteiger partial charge in [0.15, 0.2) is 0 Å². The summed E-state index contributed by atoms with van der Waals surface area (Å²) in [7, 11) is 0. The summed E-state index contributed by atoms with van der Waals surface area (Å²) in [4.78, 5) is 15.8. The number of hydrogen-bond donors (Lipinski definition) is 2. The van der Waals surface area contributed by atoms with Gasteiger partial charge in [-0.3, -0.25) is 4.90 Å². The molecule has 148 valence electrons. The van der Waals surface area contributed by atoms with E-state index in [0.717, 1.165) is 5.56 Å². The van der Waals surface area contributed by atoms with Gasteiger partial charge in [0.1, 0.15) is 16.6 Å². The molecule has 0 saturated carbocycles. The Morgan fingerprint density at radius 3 is 2.56 bits per heavy atom. The average Bonchev–Trinajstić information content (AvgIpc) is 2.52. The predicted octanol–water partition coefficient (Wildman–Crippen LogP) is 4.21. The molecule has 1 aliphatic heterocycles. The van der Waals surface area contributed by atoms with E-state index in [9.17, 15) is 4.79 Å². The molecule has 6 nitrogen and oxygen atoms in total. The molecule has 0 fully saturated rings. The van der Waals surface area contributed by atoms with E-state index < -0.39 is 11.7 Å². The molecule has 0 spiro atoms. The van der Waals surface area contributed by atoms with Gasteiger partial charge in [-0.05, 0) is 50.6 Å². The minimum absolute atomic E-state index is 0.0428. The Balaban J connectivity index is 2.36. The van der Waals surface area contributed by atoms with Crippen LogP contribution in [0.5, 0.6) is 0 Å². The van der Waals surface area contributed by atoms with Gasteiger partial charge in [-0.15, -0.1) is 0 Å². The standard InChI is InChI=1S/C18H23Cl3N4O2/c1-18(2,3)27-17(26)25-7-6-24(14(16(25)23)9-15(21)22)10-11-8-12(19)4-5-13(11)20/h4-5,8-9H,6-7,10,22-23H2,1-3H3/b15-9-. The van der Waals surface area contributed by atoms with Crippen molar-refractivity contribution in [1.29, 1.82) is 0 Å². The number of nitrogens with zero attached hydrogens (tertiary/aromatic N) is 2. The van der Waals surface area contributed by atoms with Crippen LogP contribution in [-0.2, 0) is 11.3 Å². The van der Waals surface area contributed by atoms with Crippen LogP contribution < -0.4 is 11.5 Å². The second-order valence-corrected chi connectivity index (χ2v) is 8.37. The van der Waals surface area contributed by atoms with Gasteiger partial charge in [-0.2, -0.15) is 0 Å². The average molecular weight is 434 g/mol. The first-order valence-electron chi connectivity index (χ1n) is 8.30. The van der Waals surface area contributed by atoms with Crippen molar-refractivity contribution in [1.82, 2.24) is 9.80 Å². The number of carbonyl (C=O) groups is 1. The highest BCUT2D eigenvalue weighted by atomic mass is 35.5. The van der Waals surface area contributed by atoms with Crippen LogP contribution in [0.2, 0.25) is 10.0 Å². The Bertz CT molecular complexity index is 783. The summed E-state index contributed by atoms with van der Waals surface area (Å²) in [5.74, 6) is 0.206.